The van der Waals surface area contributed by atoms with Crippen molar-refractivity contribution in [1.29, 1.82) is 5.41 Å². The number of H-pyrrole nitrogens is 1. The second-order valence-electron chi connectivity index (χ2n) is 2.73. The highest BCUT2D eigenvalue weighted by Crippen LogP contribution is 2.13. The molecule has 1 aromatic rings. The van der Waals surface area contributed by atoms with Crippen LogP contribution in [-0.4, -0.2) is 11.2 Å². The molecule has 0 saturated carbocycles. The van der Waals surface area contributed by atoms with Gasteiger partial charge in [0.05, 0.1) is 6.20 Å². The Kier molecular flexibility index (Phi) is 2.86. The largest absolute Gasteiger partial charge is 0.356 e. The molecule has 2 nitrogen and oxygen atoms in total. The van der Waals surface area contributed by atoms with Crippen molar-refractivity contribution in [2.45, 2.75) is 19.8 Å². The van der Waals surface area contributed by atoms with E-state index in [1.807, 2.05) is 13.0 Å². The summed E-state index contributed by atoms with van der Waals surface area (Å²) in [5, 5.41) is 7.03. The standard InChI is InChI=1S/C10H13N2/c1-3-4-10-9(5-6-11)8(2)7-12-10/h3,6,11-12H,1,4-5H2,2H3. The van der Waals surface area contributed by atoms with Crippen molar-refractivity contribution in [3.8, 4) is 0 Å². The highest BCUT2D eigenvalue weighted by Gasteiger charge is 2.04. The Morgan fingerprint density at radius 2 is 2.33 bits per heavy atom. The van der Waals surface area contributed by atoms with Crippen molar-refractivity contribution in [3.05, 3.63) is 35.7 Å². The van der Waals surface area contributed by atoms with Crippen LogP contribution < -0.4 is 0 Å². The molecule has 1 aromatic heterocycles. The van der Waals surface area contributed by atoms with Gasteiger partial charge in [-0.2, -0.15) is 0 Å². The van der Waals surface area contributed by atoms with Crippen LogP contribution in [0.15, 0.2) is 12.7 Å². The van der Waals surface area contributed by atoms with Crippen LogP contribution in [0.4, 0.5) is 0 Å². The van der Waals surface area contributed by atoms with Gasteiger partial charge in [0.15, 0.2) is 0 Å². The van der Waals surface area contributed by atoms with Gasteiger partial charge in [0.1, 0.15) is 0 Å². The Balaban J connectivity index is 2.94. The summed E-state index contributed by atoms with van der Waals surface area (Å²) in [6.07, 6.45) is 7.81. The first kappa shape index (κ1) is 8.78. The van der Waals surface area contributed by atoms with E-state index in [1.165, 1.54) is 11.8 Å². The van der Waals surface area contributed by atoms with Crippen molar-refractivity contribution in [1.82, 2.24) is 4.98 Å². The van der Waals surface area contributed by atoms with Gasteiger partial charge in [0.25, 0.3) is 0 Å². The maximum atomic E-state index is 7.03. The monoisotopic (exact) mass is 161 g/mol. The van der Waals surface area contributed by atoms with E-state index in [0.717, 1.165) is 17.7 Å². The first-order valence-corrected chi connectivity index (χ1v) is 3.97. The van der Waals surface area contributed by atoms with Crippen molar-refractivity contribution in [3.63, 3.8) is 0 Å². The highest BCUT2D eigenvalue weighted by molar-refractivity contribution is 5.59. The SMILES string of the molecule is C=CCc1[nH][c]c(C)c1CC=N. The van der Waals surface area contributed by atoms with Crippen LogP contribution in [0.5, 0.6) is 0 Å². The van der Waals surface area contributed by atoms with Gasteiger partial charge in [-0.05, 0) is 24.3 Å². The maximum Gasteiger partial charge on any atom is 0.0657 e. The van der Waals surface area contributed by atoms with E-state index in [-0.39, 0.29) is 0 Å². The maximum absolute atomic E-state index is 7.03. The van der Waals surface area contributed by atoms with Gasteiger partial charge < -0.3 is 10.4 Å². The van der Waals surface area contributed by atoms with Gasteiger partial charge in [-0.15, -0.1) is 6.58 Å². The first-order valence-electron chi connectivity index (χ1n) is 3.97. The minimum Gasteiger partial charge on any atom is -0.356 e. The second kappa shape index (κ2) is 3.90. The lowest BCUT2D eigenvalue weighted by Crippen LogP contribution is -1.92. The normalized spacial score (nSPS) is 9.75. The lowest BCUT2D eigenvalue weighted by Gasteiger charge is -1.98. The summed E-state index contributed by atoms with van der Waals surface area (Å²) in [4.78, 5) is 3.06. The molecule has 0 aromatic carbocycles. The smallest absolute Gasteiger partial charge is 0.0657 e. The predicted molar refractivity (Wildman–Crippen MR) is 50.8 cm³/mol. The van der Waals surface area contributed by atoms with Crippen LogP contribution in [0.25, 0.3) is 0 Å². The van der Waals surface area contributed by atoms with Crippen LogP contribution in [0.3, 0.4) is 0 Å². The van der Waals surface area contributed by atoms with Gasteiger partial charge in [0.2, 0.25) is 0 Å². The number of hydrogen-bond acceptors (Lipinski definition) is 1. The molecule has 0 bridgehead atoms. The number of aromatic nitrogens is 1. The van der Waals surface area contributed by atoms with Crippen LogP contribution in [0, 0.1) is 18.5 Å². The van der Waals surface area contributed by atoms with E-state index in [9.17, 15) is 0 Å². The third kappa shape index (κ3) is 1.64. The molecule has 0 unspecified atom stereocenters. The van der Waals surface area contributed by atoms with Gasteiger partial charge in [0, 0.05) is 18.5 Å². The number of aromatic amines is 1. The van der Waals surface area contributed by atoms with Gasteiger partial charge >= 0.3 is 0 Å². The molecule has 0 fully saturated rings. The molecular formula is C10H13N2. The predicted octanol–water partition coefficient (Wildman–Crippen LogP) is 2.04. The summed E-state index contributed by atoms with van der Waals surface area (Å²) >= 11 is 0. The van der Waals surface area contributed by atoms with E-state index in [4.69, 9.17) is 5.41 Å². The van der Waals surface area contributed by atoms with E-state index in [2.05, 4.69) is 17.8 Å². The lowest BCUT2D eigenvalue weighted by molar-refractivity contribution is 1.11. The van der Waals surface area contributed by atoms with Gasteiger partial charge in [-0.1, -0.05) is 6.08 Å². The number of rotatable bonds is 4. The van der Waals surface area contributed by atoms with E-state index in [1.54, 1.807) is 0 Å². The summed E-state index contributed by atoms with van der Waals surface area (Å²) in [6, 6.07) is 0. The third-order valence-corrected chi connectivity index (χ3v) is 1.87. The Morgan fingerprint density at radius 1 is 1.58 bits per heavy atom. The first-order chi connectivity index (χ1) is 5.79. The Hall–Kier alpha value is -1.31. The average molecular weight is 161 g/mol. The van der Waals surface area contributed by atoms with Crippen LogP contribution >= 0.6 is 0 Å². The Labute approximate surface area is 72.8 Å². The van der Waals surface area contributed by atoms with Gasteiger partial charge in [-0.25, -0.2) is 0 Å². The molecule has 63 valence electrons. The third-order valence-electron chi connectivity index (χ3n) is 1.87. The molecule has 0 aliphatic rings. The summed E-state index contributed by atoms with van der Waals surface area (Å²) in [5.74, 6) is 0. The average Bonchev–Trinajstić information content (AvgIpc) is 2.37. The molecule has 0 amide bonds. The van der Waals surface area contributed by atoms with E-state index < -0.39 is 0 Å². The van der Waals surface area contributed by atoms with Crippen LogP contribution in [0.1, 0.15) is 16.8 Å². The minimum absolute atomic E-state index is 0.689. The number of allylic oxidation sites excluding steroid dienone is 1. The number of nitrogens with one attached hydrogen (secondary N) is 2. The molecule has 1 radical (unpaired) electrons. The topological polar surface area (TPSA) is 39.6 Å². The van der Waals surface area contributed by atoms with Crippen molar-refractivity contribution in [2.75, 3.05) is 0 Å². The lowest BCUT2D eigenvalue weighted by atomic mass is 10.1. The van der Waals surface area contributed by atoms with Crippen molar-refractivity contribution < 1.29 is 0 Å². The Bertz CT molecular complexity index is 284. The molecular weight excluding hydrogens is 148 g/mol. The summed E-state index contributed by atoms with van der Waals surface area (Å²) < 4.78 is 0. The molecule has 1 rings (SSSR count). The fourth-order valence-corrected chi connectivity index (χ4v) is 1.24. The summed E-state index contributed by atoms with van der Waals surface area (Å²) in [5.41, 5.74) is 3.42. The molecule has 0 spiro atoms. The minimum atomic E-state index is 0.689. The van der Waals surface area contributed by atoms with Gasteiger partial charge in [-0.3, -0.25) is 0 Å². The second-order valence-corrected chi connectivity index (χ2v) is 2.73. The highest BCUT2D eigenvalue weighted by atomic mass is 14.7. The van der Waals surface area contributed by atoms with Crippen molar-refractivity contribution in [2.24, 2.45) is 0 Å². The molecule has 0 aliphatic carbocycles. The number of hydrogen-bond donors (Lipinski definition) is 2. The van der Waals surface area contributed by atoms with Crippen LogP contribution in [0.2, 0.25) is 0 Å². The molecule has 0 aliphatic heterocycles. The molecule has 12 heavy (non-hydrogen) atoms. The van der Waals surface area contributed by atoms with E-state index >= 15 is 0 Å². The molecule has 0 saturated heterocycles. The summed E-state index contributed by atoms with van der Waals surface area (Å²) in [7, 11) is 0. The fourth-order valence-electron chi connectivity index (χ4n) is 1.24. The zero-order chi connectivity index (χ0) is 8.97. The molecule has 1 heterocycles. The zero-order valence-electron chi connectivity index (χ0n) is 7.28. The zero-order valence-corrected chi connectivity index (χ0v) is 7.28. The fraction of sp³-hybridized carbons (Fsp3) is 0.300. The molecule has 2 heteroatoms. The van der Waals surface area contributed by atoms with E-state index in [0.29, 0.717) is 6.42 Å². The number of aryl methyl sites for hydroxylation is 1. The summed E-state index contributed by atoms with van der Waals surface area (Å²) in [6.45, 7) is 5.68. The molecule has 0 atom stereocenters. The molecule has 2 N–H and O–H groups in total. The van der Waals surface area contributed by atoms with Crippen LogP contribution in [-0.2, 0) is 12.8 Å². The quantitative estimate of drug-likeness (QED) is 0.501. The Morgan fingerprint density at radius 3 is 2.92 bits per heavy atom. The van der Waals surface area contributed by atoms with Crippen molar-refractivity contribution >= 4 is 6.21 Å².